The number of hydrogen-bond acceptors (Lipinski definition) is 6. The number of hydrogen-bond donors (Lipinski definition) is 1. The monoisotopic (exact) mass is 291 g/mol. The summed E-state index contributed by atoms with van der Waals surface area (Å²) in [6, 6.07) is 5.56. The first-order valence-corrected chi connectivity index (χ1v) is 6.99. The number of rotatable bonds is 7. The number of nitrogens with one attached hydrogen (secondary N) is 1. The second-order valence-electron chi connectivity index (χ2n) is 4.70. The molecule has 0 aliphatic carbocycles. The van der Waals surface area contributed by atoms with Gasteiger partial charge in [0.25, 0.3) is 0 Å². The highest BCUT2D eigenvalue weighted by Crippen LogP contribution is 2.31. The van der Waals surface area contributed by atoms with Gasteiger partial charge in [-0.2, -0.15) is 4.98 Å². The second kappa shape index (κ2) is 7.08. The summed E-state index contributed by atoms with van der Waals surface area (Å²) >= 11 is 0. The topological polar surface area (TPSA) is 69.4 Å². The lowest BCUT2D eigenvalue weighted by Crippen LogP contribution is -2.19. The Hall–Kier alpha value is -2.08. The van der Waals surface area contributed by atoms with Gasteiger partial charge in [-0.1, -0.05) is 12.1 Å². The van der Waals surface area contributed by atoms with Gasteiger partial charge in [0.2, 0.25) is 11.7 Å². The maximum atomic E-state index is 5.31. The molecule has 1 heterocycles. The molecule has 0 fully saturated rings. The van der Waals surface area contributed by atoms with Gasteiger partial charge in [-0.3, -0.25) is 0 Å². The smallest absolute Gasteiger partial charge is 0.243 e. The predicted molar refractivity (Wildman–Crippen MR) is 79.5 cm³/mol. The van der Waals surface area contributed by atoms with Crippen molar-refractivity contribution in [3.8, 4) is 22.9 Å². The van der Waals surface area contributed by atoms with E-state index in [1.165, 1.54) is 0 Å². The Labute approximate surface area is 124 Å². The van der Waals surface area contributed by atoms with Crippen molar-refractivity contribution in [2.75, 3.05) is 20.8 Å². The molecule has 0 radical (unpaired) electrons. The summed E-state index contributed by atoms with van der Waals surface area (Å²) in [6.07, 6.45) is 1.06. The minimum absolute atomic E-state index is 0.0337. The maximum absolute atomic E-state index is 5.31. The molecule has 1 aromatic carbocycles. The van der Waals surface area contributed by atoms with Gasteiger partial charge in [0, 0.05) is 5.56 Å². The quantitative estimate of drug-likeness (QED) is 0.846. The summed E-state index contributed by atoms with van der Waals surface area (Å²) in [5.74, 6) is 2.42. The van der Waals surface area contributed by atoms with E-state index in [9.17, 15) is 0 Å². The number of ether oxygens (including phenoxy) is 2. The van der Waals surface area contributed by atoms with E-state index in [1.54, 1.807) is 14.2 Å². The molecule has 1 N–H and O–H groups in total. The molecule has 0 amide bonds. The standard InChI is InChI=1S/C15H21N3O3/c1-5-8-16-10(2)15-17-14(18-21-15)11-6-7-12(19-3)13(9-11)20-4/h6-7,9-10,16H,5,8H2,1-4H3. The molecule has 0 saturated heterocycles. The van der Waals surface area contributed by atoms with Crippen molar-refractivity contribution in [2.24, 2.45) is 0 Å². The van der Waals surface area contributed by atoms with Crippen LogP contribution in [0, 0.1) is 0 Å². The van der Waals surface area contributed by atoms with Crippen molar-refractivity contribution < 1.29 is 14.0 Å². The second-order valence-corrected chi connectivity index (χ2v) is 4.70. The van der Waals surface area contributed by atoms with E-state index < -0.39 is 0 Å². The summed E-state index contributed by atoms with van der Waals surface area (Å²) in [4.78, 5) is 4.43. The van der Waals surface area contributed by atoms with E-state index in [0.717, 1.165) is 18.5 Å². The summed E-state index contributed by atoms with van der Waals surface area (Å²) < 4.78 is 15.8. The van der Waals surface area contributed by atoms with Crippen LogP contribution in [0.15, 0.2) is 22.7 Å². The highest BCUT2D eigenvalue weighted by atomic mass is 16.5. The predicted octanol–water partition coefficient (Wildman–Crippen LogP) is 2.81. The van der Waals surface area contributed by atoms with Gasteiger partial charge >= 0.3 is 0 Å². The van der Waals surface area contributed by atoms with E-state index >= 15 is 0 Å². The molecule has 2 aromatic rings. The molecule has 6 nitrogen and oxygen atoms in total. The Morgan fingerprint density at radius 3 is 2.67 bits per heavy atom. The lowest BCUT2D eigenvalue weighted by Gasteiger charge is -2.08. The first-order chi connectivity index (χ1) is 10.2. The van der Waals surface area contributed by atoms with Gasteiger partial charge in [0.05, 0.1) is 20.3 Å². The lowest BCUT2D eigenvalue weighted by atomic mass is 10.2. The van der Waals surface area contributed by atoms with Gasteiger partial charge in [0.1, 0.15) is 0 Å². The summed E-state index contributed by atoms with van der Waals surface area (Å²) in [7, 11) is 3.20. The van der Waals surface area contributed by atoms with E-state index in [-0.39, 0.29) is 6.04 Å². The average molecular weight is 291 g/mol. The summed E-state index contributed by atoms with van der Waals surface area (Å²) in [6.45, 7) is 5.03. The molecule has 1 aromatic heterocycles. The largest absolute Gasteiger partial charge is 0.493 e. The molecular formula is C15H21N3O3. The fraction of sp³-hybridized carbons (Fsp3) is 0.467. The molecule has 0 aliphatic heterocycles. The fourth-order valence-corrected chi connectivity index (χ4v) is 1.95. The molecule has 0 saturated carbocycles. The third kappa shape index (κ3) is 3.52. The molecular weight excluding hydrogens is 270 g/mol. The minimum atomic E-state index is 0.0337. The van der Waals surface area contributed by atoms with Crippen LogP contribution in [0.3, 0.4) is 0 Å². The summed E-state index contributed by atoms with van der Waals surface area (Å²) in [5, 5.41) is 7.34. The molecule has 1 unspecified atom stereocenters. The van der Waals surface area contributed by atoms with Crippen LogP contribution in [-0.4, -0.2) is 30.9 Å². The third-order valence-corrected chi connectivity index (χ3v) is 3.15. The molecule has 0 spiro atoms. The van der Waals surface area contributed by atoms with Crippen LogP contribution >= 0.6 is 0 Å². The molecule has 2 rings (SSSR count). The molecule has 1 atom stereocenters. The van der Waals surface area contributed by atoms with E-state index in [2.05, 4.69) is 22.4 Å². The highest BCUT2D eigenvalue weighted by molar-refractivity contribution is 5.60. The van der Waals surface area contributed by atoms with Crippen LogP contribution in [0.2, 0.25) is 0 Å². The average Bonchev–Trinajstić information content (AvgIpc) is 3.01. The Bertz CT molecular complexity index is 583. The first kappa shape index (κ1) is 15.3. The fourth-order valence-electron chi connectivity index (χ4n) is 1.95. The number of methoxy groups -OCH3 is 2. The van der Waals surface area contributed by atoms with Crippen LogP contribution < -0.4 is 14.8 Å². The zero-order chi connectivity index (χ0) is 15.2. The van der Waals surface area contributed by atoms with Crippen LogP contribution in [0.25, 0.3) is 11.4 Å². The van der Waals surface area contributed by atoms with Crippen LogP contribution in [0.5, 0.6) is 11.5 Å². The molecule has 114 valence electrons. The van der Waals surface area contributed by atoms with Gasteiger partial charge < -0.3 is 19.3 Å². The number of aromatic nitrogens is 2. The Morgan fingerprint density at radius 1 is 1.24 bits per heavy atom. The van der Waals surface area contributed by atoms with Gasteiger partial charge in [-0.05, 0) is 38.1 Å². The molecule has 0 bridgehead atoms. The van der Waals surface area contributed by atoms with Crippen LogP contribution in [-0.2, 0) is 0 Å². The maximum Gasteiger partial charge on any atom is 0.243 e. The zero-order valence-electron chi connectivity index (χ0n) is 12.8. The van der Waals surface area contributed by atoms with Crippen LogP contribution in [0.1, 0.15) is 32.2 Å². The van der Waals surface area contributed by atoms with Crippen molar-refractivity contribution in [1.29, 1.82) is 0 Å². The number of benzene rings is 1. The minimum Gasteiger partial charge on any atom is -0.493 e. The van der Waals surface area contributed by atoms with E-state index in [4.69, 9.17) is 14.0 Å². The third-order valence-electron chi connectivity index (χ3n) is 3.15. The van der Waals surface area contributed by atoms with Crippen molar-refractivity contribution in [1.82, 2.24) is 15.5 Å². The molecule has 21 heavy (non-hydrogen) atoms. The van der Waals surface area contributed by atoms with Gasteiger partial charge in [-0.25, -0.2) is 0 Å². The van der Waals surface area contributed by atoms with Gasteiger partial charge in [-0.15, -0.1) is 0 Å². The SMILES string of the molecule is CCCNC(C)c1nc(-c2ccc(OC)c(OC)c2)no1. The lowest BCUT2D eigenvalue weighted by molar-refractivity contribution is 0.340. The molecule has 6 heteroatoms. The summed E-state index contributed by atoms with van der Waals surface area (Å²) in [5.41, 5.74) is 0.824. The Balaban J connectivity index is 2.21. The van der Waals surface area contributed by atoms with Gasteiger partial charge in [0.15, 0.2) is 11.5 Å². The number of nitrogens with zero attached hydrogens (tertiary/aromatic N) is 2. The highest BCUT2D eigenvalue weighted by Gasteiger charge is 2.15. The van der Waals surface area contributed by atoms with E-state index in [1.807, 2.05) is 25.1 Å². The zero-order valence-corrected chi connectivity index (χ0v) is 12.8. The van der Waals surface area contributed by atoms with E-state index in [0.29, 0.717) is 23.2 Å². The Morgan fingerprint density at radius 2 is 2.00 bits per heavy atom. The van der Waals surface area contributed by atoms with Crippen molar-refractivity contribution in [3.05, 3.63) is 24.1 Å². The normalized spacial score (nSPS) is 12.2. The van der Waals surface area contributed by atoms with Crippen molar-refractivity contribution >= 4 is 0 Å². The molecule has 0 aliphatic rings. The first-order valence-electron chi connectivity index (χ1n) is 6.99. The Kier molecular flexibility index (Phi) is 5.16. The van der Waals surface area contributed by atoms with Crippen LogP contribution in [0.4, 0.5) is 0 Å². The van der Waals surface area contributed by atoms with Crippen molar-refractivity contribution in [3.63, 3.8) is 0 Å². The van der Waals surface area contributed by atoms with Crippen molar-refractivity contribution in [2.45, 2.75) is 26.3 Å².